The lowest BCUT2D eigenvalue weighted by atomic mass is 10.0. The third-order valence-corrected chi connectivity index (χ3v) is 3.69. The number of nitrogens with zero attached hydrogens (tertiary/aromatic N) is 5. The zero-order valence-corrected chi connectivity index (χ0v) is 11.7. The van der Waals surface area contributed by atoms with Crippen molar-refractivity contribution in [1.82, 2.24) is 19.7 Å². The molecule has 3 rings (SSSR count). The summed E-state index contributed by atoms with van der Waals surface area (Å²) >= 11 is 0. The number of hydrogen-bond donors (Lipinski definition) is 0. The Bertz CT molecular complexity index is 639. The van der Waals surface area contributed by atoms with Gasteiger partial charge in [0, 0.05) is 32.3 Å². The molecule has 2 aromatic heterocycles. The van der Waals surface area contributed by atoms with E-state index in [1.54, 1.807) is 24.1 Å². The Morgan fingerprint density at radius 1 is 1.38 bits per heavy atom. The van der Waals surface area contributed by atoms with E-state index in [1.165, 1.54) is 0 Å². The van der Waals surface area contributed by atoms with Gasteiger partial charge in [-0.1, -0.05) is 0 Å². The first-order valence-corrected chi connectivity index (χ1v) is 6.89. The fraction of sp³-hybridized carbons (Fsp3) is 0.429. The van der Waals surface area contributed by atoms with Crippen LogP contribution >= 0.6 is 0 Å². The zero-order chi connectivity index (χ0) is 14.8. The minimum atomic E-state index is -0.457. The van der Waals surface area contributed by atoms with Gasteiger partial charge in [-0.2, -0.15) is 5.10 Å². The monoisotopic (exact) mass is 289 g/mol. The molecular formula is C14H16FN5O. The second-order valence-corrected chi connectivity index (χ2v) is 5.22. The van der Waals surface area contributed by atoms with Crippen LogP contribution in [0.4, 0.5) is 10.3 Å². The average Bonchev–Trinajstić information content (AvgIpc) is 3.09. The first-order valence-electron chi connectivity index (χ1n) is 6.89. The van der Waals surface area contributed by atoms with Crippen LogP contribution < -0.4 is 4.90 Å². The molecule has 6 nitrogen and oxygen atoms in total. The smallest absolute Gasteiger partial charge is 0.225 e. The predicted molar refractivity (Wildman–Crippen MR) is 74.5 cm³/mol. The minimum Gasteiger partial charge on any atom is -0.337 e. The Kier molecular flexibility index (Phi) is 3.64. The summed E-state index contributed by atoms with van der Waals surface area (Å²) in [5.41, 5.74) is 0.615. The summed E-state index contributed by atoms with van der Waals surface area (Å²) in [5, 5.41) is 4.02. The quantitative estimate of drug-likeness (QED) is 0.800. The fourth-order valence-corrected chi connectivity index (χ4v) is 2.66. The normalized spacial score (nSPS) is 18.2. The molecule has 110 valence electrons. The van der Waals surface area contributed by atoms with E-state index in [9.17, 15) is 9.18 Å². The van der Waals surface area contributed by atoms with Crippen molar-refractivity contribution in [2.24, 2.45) is 7.05 Å². The van der Waals surface area contributed by atoms with Gasteiger partial charge in [0.15, 0.2) is 11.6 Å². The van der Waals surface area contributed by atoms with Crippen molar-refractivity contribution < 1.29 is 9.18 Å². The zero-order valence-electron chi connectivity index (χ0n) is 11.7. The van der Waals surface area contributed by atoms with E-state index in [-0.39, 0.29) is 11.8 Å². The molecule has 0 amide bonds. The number of aryl methyl sites for hydroxylation is 1. The van der Waals surface area contributed by atoms with Crippen LogP contribution in [0.15, 0.2) is 24.8 Å². The van der Waals surface area contributed by atoms with E-state index in [4.69, 9.17) is 0 Å². The number of ketones is 1. The molecule has 0 aliphatic carbocycles. The van der Waals surface area contributed by atoms with E-state index in [1.807, 2.05) is 4.90 Å². The van der Waals surface area contributed by atoms with Gasteiger partial charge in [0.25, 0.3) is 0 Å². The topological polar surface area (TPSA) is 63.9 Å². The van der Waals surface area contributed by atoms with E-state index in [0.717, 1.165) is 31.8 Å². The van der Waals surface area contributed by atoms with Gasteiger partial charge in [-0.25, -0.2) is 14.4 Å². The van der Waals surface area contributed by atoms with Crippen LogP contribution in [0.25, 0.3) is 0 Å². The van der Waals surface area contributed by atoms with Gasteiger partial charge in [0.05, 0.1) is 24.2 Å². The van der Waals surface area contributed by atoms with Crippen molar-refractivity contribution in [3.63, 3.8) is 0 Å². The number of rotatable bonds is 4. The summed E-state index contributed by atoms with van der Waals surface area (Å²) in [6.45, 7) is 0.788. The van der Waals surface area contributed by atoms with Crippen LogP contribution in [0.3, 0.4) is 0 Å². The molecule has 3 heterocycles. The van der Waals surface area contributed by atoms with Crippen LogP contribution in [0.5, 0.6) is 0 Å². The maximum Gasteiger partial charge on any atom is 0.225 e. The summed E-state index contributed by atoms with van der Waals surface area (Å²) in [5.74, 6) is 0.0842. The summed E-state index contributed by atoms with van der Waals surface area (Å²) < 4.78 is 14.5. The number of aromatic nitrogens is 4. The Morgan fingerprint density at radius 2 is 2.14 bits per heavy atom. The van der Waals surface area contributed by atoms with Gasteiger partial charge < -0.3 is 4.90 Å². The van der Waals surface area contributed by atoms with Gasteiger partial charge in [0.1, 0.15) is 0 Å². The maximum absolute atomic E-state index is 12.9. The number of halogens is 1. The summed E-state index contributed by atoms with van der Waals surface area (Å²) in [6, 6.07) is 0.0585. The van der Waals surface area contributed by atoms with E-state index >= 15 is 0 Å². The van der Waals surface area contributed by atoms with Crippen LogP contribution in [0.2, 0.25) is 0 Å². The average molecular weight is 289 g/mol. The Labute approximate surface area is 121 Å². The van der Waals surface area contributed by atoms with Crippen molar-refractivity contribution in [3.8, 4) is 0 Å². The van der Waals surface area contributed by atoms with Crippen molar-refractivity contribution in [2.75, 3.05) is 11.4 Å². The molecule has 0 radical (unpaired) electrons. The SMILES string of the molecule is Cn1cc(C(=O)C[C@H]2CCCN2c2ncc(F)cn2)cn1. The molecular weight excluding hydrogens is 273 g/mol. The van der Waals surface area contributed by atoms with Crippen molar-refractivity contribution in [3.05, 3.63) is 36.2 Å². The highest BCUT2D eigenvalue weighted by Gasteiger charge is 2.29. The van der Waals surface area contributed by atoms with E-state index in [0.29, 0.717) is 17.9 Å². The summed E-state index contributed by atoms with van der Waals surface area (Å²) in [4.78, 5) is 22.3. The van der Waals surface area contributed by atoms with Crippen molar-refractivity contribution in [2.45, 2.75) is 25.3 Å². The lowest BCUT2D eigenvalue weighted by Crippen LogP contribution is -2.32. The summed E-state index contributed by atoms with van der Waals surface area (Å²) in [6.07, 6.45) is 7.89. The molecule has 1 aliphatic rings. The molecule has 0 bridgehead atoms. The van der Waals surface area contributed by atoms with E-state index in [2.05, 4.69) is 15.1 Å². The first kappa shape index (κ1) is 13.7. The molecule has 0 N–H and O–H groups in total. The highest BCUT2D eigenvalue weighted by molar-refractivity contribution is 5.96. The fourth-order valence-electron chi connectivity index (χ4n) is 2.66. The first-order chi connectivity index (χ1) is 10.1. The molecule has 1 aliphatic heterocycles. The van der Waals surface area contributed by atoms with Crippen molar-refractivity contribution in [1.29, 1.82) is 0 Å². The molecule has 1 saturated heterocycles. The Hall–Kier alpha value is -2.31. The molecule has 21 heavy (non-hydrogen) atoms. The number of carbonyl (C=O) groups is 1. The standard InChI is InChI=1S/C14H16FN5O/c1-19-9-10(6-18-19)13(21)5-12-3-2-4-20(12)14-16-7-11(15)8-17-14/h6-9,12H,2-5H2,1H3/t12-/m1/s1. The molecule has 1 fully saturated rings. The van der Waals surface area contributed by atoms with Crippen molar-refractivity contribution >= 4 is 11.7 Å². The van der Waals surface area contributed by atoms with Crippen LogP contribution in [0.1, 0.15) is 29.6 Å². The van der Waals surface area contributed by atoms with Gasteiger partial charge in [0.2, 0.25) is 5.95 Å². The second kappa shape index (κ2) is 5.59. The number of hydrogen-bond acceptors (Lipinski definition) is 5. The highest BCUT2D eigenvalue weighted by Crippen LogP contribution is 2.25. The number of anilines is 1. The van der Waals surface area contributed by atoms with Crippen LogP contribution in [-0.2, 0) is 7.05 Å². The largest absolute Gasteiger partial charge is 0.337 e. The molecule has 0 saturated carbocycles. The lowest BCUT2D eigenvalue weighted by Gasteiger charge is -2.23. The van der Waals surface area contributed by atoms with Gasteiger partial charge in [-0.05, 0) is 12.8 Å². The molecule has 7 heteroatoms. The Balaban J connectivity index is 1.72. The van der Waals surface area contributed by atoms with Gasteiger partial charge in [-0.3, -0.25) is 9.48 Å². The third-order valence-electron chi connectivity index (χ3n) is 3.69. The minimum absolute atomic E-state index is 0.0575. The molecule has 0 spiro atoms. The van der Waals surface area contributed by atoms with Crippen LogP contribution in [0, 0.1) is 5.82 Å². The Morgan fingerprint density at radius 3 is 2.81 bits per heavy atom. The molecule has 1 atom stereocenters. The third kappa shape index (κ3) is 2.91. The predicted octanol–water partition coefficient (Wildman–Crippen LogP) is 1.59. The lowest BCUT2D eigenvalue weighted by molar-refractivity contribution is 0.0974. The van der Waals surface area contributed by atoms with Crippen LogP contribution in [-0.4, -0.2) is 38.1 Å². The molecule has 2 aromatic rings. The second-order valence-electron chi connectivity index (χ2n) is 5.22. The molecule has 0 aromatic carbocycles. The van der Waals surface area contributed by atoms with Gasteiger partial charge >= 0.3 is 0 Å². The summed E-state index contributed by atoms with van der Waals surface area (Å²) in [7, 11) is 1.78. The number of carbonyl (C=O) groups excluding carboxylic acids is 1. The number of Topliss-reactive ketones (excluding diaryl/α,β-unsaturated/α-hetero) is 1. The maximum atomic E-state index is 12.9. The van der Waals surface area contributed by atoms with Gasteiger partial charge in [-0.15, -0.1) is 0 Å². The molecule has 0 unspecified atom stereocenters. The van der Waals surface area contributed by atoms with E-state index < -0.39 is 5.82 Å². The highest BCUT2D eigenvalue weighted by atomic mass is 19.1.